The Balaban J connectivity index is 1.38. The van der Waals surface area contributed by atoms with Crippen LogP contribution in [0.5, 0.6) is 0 Å². The van der Waals surface area contributed by atoms with E-state index < -0.39 is 34.3 Å². The maximum atomic E-state index is 13.9. The SMILES string of the molecule is CCCCNC(=O)[C@H](CC)N(Cc1ccc(F)cc1)C(=O)CN(c1ccc(C23CC4CC(CC(C4)C2)C3)cc1)S(C)(=O)=O. The van der Waals surface area contributed by atoms with Crippen molar-refractivity contribution in [3.63, 3.8) is 0 Å². The van der Waals surface area contributed by atoms with Crippen molar-refractivity contribution in [3.05, 3.63) is 65.5 Å². The van der Waals surface area contributed by atoms with E-state index in [0.29, 0.717) is 24.2 Å². The van der Waals surface area contributed by atoms with Crippen molar-refractivity contribution in [1.29, 1.82) is 0 Å². The zero-order chi connectivity index (χ0) is 30.8. The minimum atomic E-state index is -3.82. The Morgan fingerprint density at radius 2 is 1.53 bits per heavy atom. The number of amides is 2. The van der Waals surface area contributed by atoms with Gasteiger partial charge in [-0.25, -0.2) is 12.8 Å². The van der Waals surface area contributed by atoms with Gasteiger partial charge in [0, 0.05) is 13.1 Å². The Morgan fingerprint density at radius 1 is 0.953 bits per heavy atom. The summed E-state index contributed by atoms with van der Waals surface area (Å²) >= 11 is 0. The van der Waals surface area contributed by atoms with E-state index in [1.807, 2.05) is 26.0 Å². The number of rotatable bonds is 13. The summed E-state index contributed by atoms with van der Waals surface area (Å²) in [4.78, 5) is 28.6. The first-order chi connectivity index (χ1) is 20.5. The summed E-state index contributed by atoms with van der Waals surface area (Å²) in [6.07, 6.45) is 10.9. The average molecular weight is 612 g/mol. The molecule has 4 fully saturated rings. The number of hydrogen-bond acceptors (Lipinski definition) is 4. The van der Waals surface area contributed by atoms with E-state index in [1.54, 1.807) is 12.1 Å². The Kier molecular flexibility index (Phi) is 9.49. The highest BCUT2D eigenvalue weighted by Crippen LogP contribution is 2.60. The van der Waals surface area contributed by atoms with Gasteiger partial charge in [0.25, 0.3) is 0 Å². The first-order valence-corrected chi connectivity index (χ1v) is 17.8. The molecule has 7 nitrogen and oxygen atoms in total. The molecule has 43 heavy (non-hydrogen) atoms. The van der Waals surface area contributed by atoms with Crippen molar-refractivity contribution in [1.82, 2.24) is 10.2 Å². The monoisotopic (exact) mass is 611 g/mol. The van der Waals surface area contributed by atoms with Gasteiger partial charge >= 0.3 is 0 Å². The van der Waals surface area contributed by atoms with Gasteiger partial charge in [0.15, 0.2) is 0 Å². The van der Waals surface area contributed by atoms with E-state index in [1.165, 1.54) is 61.1 Å². The number of nitrogens with zero attached hydrogens (tertiary/aromatic N) is 2. The molecule has 0 saturated heterocycles. The summed E-state index contributed by atoms with van der Waals surface area (Å²) in [5.74, 6) is 1.23. The summed E-state index contributed by atoms with van der Waals surface area (Å²) in [7, 11) is -3.82. The predicted molar refractivity (Wildman–Crippen MR) is 167 cm³/mol. The molecule has 0 aliphatic heterocycles. The standard InChI is InChI=1S/C34H46FN3O4S/c1-4-6-15-36-33(40)31(5-2)37(22-24-7-11-29(35)12-8-24)32(39)23-38(43(3,41)42)30-13-9-28(10-14-30)34-19-25-16-26(20-34)18-27(17-25)21-34/h7-14,25-27,31H,4-6,15-23H2,1-3H3,(H,36,40)/t25?,26?,27?,31-,34?/m0/s1. The fourth-order valence-corrected chi connectivity index (χ4v) is 9.12. The van der Waals surface area contributed by atoms with Crippen LogP contribution < -0.4 is 9.62 Å². The van der Waals surface area contributed by atoms with Crippen LogP contribution in [0.15, 0.2) is 48.5 Å². The summed E-state index contributed by atoms with van der Waals surface area (Å²) in [5, 5.41) is 2.92. The van der Waals surface area contributed by atoms with E-state index in [-0.39, 0.29) is 17.9 Å². The smallest absolute Gasteiger partial charge is 0.244 e. The van der Waals surface area contributed by atoms with Crippen molar-refractivity contribution in [2.75, 3.05) is 23.7 Å². The molecule has 234 valence electrons. The molecule has 4 bridgehead atoms. The second kappa shape index (κ2) is 13.0. The van der Waals surface area contributed by atoms with Crippen LogP contribution in [0.25, 0.3) is 0 Å². The summed E-state index contributed by atoms with van der Waals surface area (Å²) in [5.41, 5.74) is 2.56. The predicted octanol–water partition coefficient (Wildman–Crippen LogP) is 5.78. The van der Waals surface area contributed by atoms with Gasteiger partial charge in [0.1, 0.15) is 18.4 Å². The first-order valence-electron chi connectivity index (χ1n) is 15.9. The van der Waals surface area contributed by atoms with Crippen molar-refractivity contribution >= 4 is 27.5 Å². The van der Waals surface area contributed by atoms with Crippen LogP contribution in [0, 0.1) is 23.6 Å². The Labute approximate surface area is 256 Å². The Bertz CT molecular complexity index is 1360. The van der Waals surface area contributed by atoms with Gasteiger partial charge < -0.3 is 10.2 Å². The normalized spacial score (nSPS) is 24.9. The third kappa shape index (κ3) is 7.08. The third-order valence-corrected chi connectivity index (χ3v) is 11.1. The highest BCUT2D eigenvalue weighted by atomic mass is 32.2. The lowest BCUT2D eigenvalue weighted by Crippen LogP contribution is -2.52. The van der Waals surface area contributed by atoms with Crippen LogP contribution in [0.2, 0.25) is 0 Å². The molecule has 0 spiro atoms. The van der Waals surface area contributed by atoms with Gasteiger partial charge in [0.2, 0.25) is 21.8 Å². The van der Waals surface area contributed by atoms with E-state index in [4.69, 9.17) is 0 Å². The number of halogens is 1. The van der Waals surface area contributed by atoms with Crippen LogP contribution in [0.3, 0.4) is 0 Å². The number of benzene rings is 2. The Morgan fingerprint density at radius 3 is 2.05 bits per heavy atom. The van der Waals surface area contributed by atoms with Gasteiger partial charge in [-0.2, -0.15) is 0 Å². The number of nitrogens with one attached hydrogen (secondary N) is 1. The lowest BCUT2D eigenvalue weighted by molar-refractivity contribution is -0.140. The molecule has 4 aliphatic rings. The largest absolute Gasteiger partial charge is 0.354 e. The maximum Gasteiger partial charge on any atom is 0.244 e. The number of carbonyl (C=O) groups is 2. The second-order valence-corrected chi connectivity index (χ2v) is 15.1. The van der Waals surface area contributed by atoms with E-state index >= 15 is 0 Å². The van der Waals surface area contributed by atoms with Crippen LogP contribution in [-0.4, -0.2) is 50.5 Å². The van der Waals surface area contributed by atoms with Gasteiger partial charge in [-0.05, 0) is 110 Å². The van der Waals surface area contributed by atoms with Gasteiger partial charge in [-0.3, -0.25) is 13.9 Å². The van der Waals surface area contributed by atoms with Gasteiger partial charge in [-0.15, -0.1) is 0 Å². The molecule has 9 heteroatoms. The molecule has 6 rings (SSSR count). The molecule has 4 aliphatic carbocycles. The molecule has 0 heterocycles. The first kappa shape index (κ1) is 31.5. The minimum Gasteiger partial charge on any atom is -0.354 e. The van der Waals surface area contributed by atoms with Crippen molar-refractivity contribution in [3.8, 4) is 0 Å². The fourth-order valence-electron chi connectivity index (χ4n) is 8.27. The topological polar surface area (TPSA) is 86.8 Å². The lowest BCUT2D eigenvalue weighted by atomic mass is 9.48. The fraction of sp³-hybridized carbons (Fsp3) is 0.588. The van der Waals surface area contributed by atoms with Crippen molar-refractivity contribution < 1.29 is 22.4 Å². The zero-order valence-corrected chi connectivity index (χ0v) is 26.5. The number of sulfonamides is 1. The maximum absolute atomic E-state index is 13.9. The van der Waals surface area contributed by atoms with E-state index in [9.17, 15) is 22.4 Å². The van der Waals surface area contributed by atoms with Crippen LogP contribution in [0.1, 0.15) is 82.8 Å². The molecule has 1 N–H and O–H groups in total. The molecule has 1 atom stereocenters. The van der Waals surface area contributed by atoms with Crippen LogP contribution in [0.4, 0.5) is 10.1 Å². The highest BCUT2D eigenvalue weighted by molar-refractivity contribution is 7.92. The average Bonchev–Trinajstić information content (AvgIpc) is 2.95. The molecular weight excluding hydrogens is 565 g/mol. The molecule has 0 unspecified atom stereocenters. The molecule has 2 amide bonds. The number of anilines is 1. The van der Waals surface area contributed by atoms with E-state index in [2.05, 4.69) is 17.4 Å². The van der Waals surface area contributed by atoms with Crippen molar-refractivity contribution in [2.24, 2.45) is 17.8 Å². The number of carbonyl (C=O) groups excluding carboxylic acids is 2. The second-order valence-electron chi connectivity index (χ2n) is 13.2. The molecule has 2 aromatic rings. The van der Waals surface area contributed by atoms with Crippen LogP contribution in [-0.2, 0) is 31.6 Å². The highest BCUT2D eigenvalue weighted by Gasteiger charge is 2.51. The summed E-state index contributed by atoms with van der Waals surface area (Å²) in [6.45, 7) is 3.97. The van der Waals surface area contributed by atoms with Crippen molar-refractivity contribution in [2.45, 2.75) is 89.6 Å². The minimum absolute atomic E-state index is 0.0569. The third-order valence-electron chi connectivity index (χ3n) is 9.97. The van der Waals surface area contributed by atoms with E-state index in [0.717, 1.165) is 41.2 Å². The quantitative estimate of drug-likeness (QED) is 0.291. The van der Waals surface area contributed by atoms with Gasteiger partial charge in [0.05, 0.1) is 11.9 Å². The summed E-state index contributed by atoms with van der Waals surface area (Å²) < 4.78 is 40.9. The summed E-state index contributed by atoms with van der Waals surface area (Å²) in [6, 6.07) is 12.8. The Hall–Kier alpha value is -2.94. The molecular formula is C34H46FN3O4S. The molecule has 0 aromatic heterocycles. The van der Waals surface area contributed by atoms with Crippen LogP contribution >= 0.6 is 0 Å². The number of unbranched alkanes of at least 4 members (excludes halogenated alkanes) is 1. The number of hydrogen-bond donors (Lipinski definition) is 1. The molecule has 0 radical (unpaired) electrons. The molecule has 4 saturated carbocycles. The zero-order valence-electron chi connectivity index (χ0n) is 25.7. The van der Waals surface area contributed by atoms with Gasteiger partial charge in [-0.1, -0.05) is 44.5 Å². The molecule has 2 aromatic carbocycles. The lowest BCUT2D eigenvalue weighted by Gasteiger charge is -2.57.